The summed E-state index contributed by atoms with van der Waals surface area (Å²) in [5, 5.41) is 10.7. The van der Waals surface area contributed by atoms with Crippen molar-refractivity contribution >= 4 is 16.8 Å². The van der Waals surface area contributed by atoms with E-state index in [2.05, 4.69) is 15.0 Å². The molecular weight excluding hydrogens is 212 g/mol. The molecule has 82 valence electrons. The summed E-state index contributed by atoms with van der Waals surface area (Å²) >= 11 is 1.59. The SMILES string of the molecule is N[C@@H](Cc1cnc[nH]1)C(O)C1=NCCS1. The summed E-state index contributed by atoms with van der Waals surface area (Å²) in [4.78, 5) is 11.1. The molecule has 0 aliphatic carbocycles. The molecule has 0 bridgehead atoms. The largest absolute Gasteiger partial charge is 0.385 e. The number of nitrogens with two attached hydrogens (primary N) is 1. The second-order valence-electron chi connectivity index (χ2n) is 3.46. The highest BCUT2D eigenvalue weighted by Gasteiger charge is 2.23. The third kappa shape index (κ3) is 2.58. The Morgan fingerprint density at radius 2 is 2.53 bits per heavy atom. The van der Waals surface area contributed by atoms with Crippen molar-refractivity contribution in [2.24, 2.45) is 10.7 Å². The number of imidazole rings is 1. The number of aromatic amines is 1. The van der Waals surface area contributed by atoms with E-state index in [4.69, 9.17) is 5.73 Å². The van der Waals surface area contributed by atoms with Gasteiger partial charge in [-0.1, -0.05) is 0 Å². The van der Waals surface area contributed by atoms with Crippen LogP contribution in [0.25, 0.3) is 0 Å². The molecule has 1 aliphatic heterocycles. The Morgan fingerprint density at radius 3 is 3.13 bits per heavy atom. The lowest BCUT2D eigenvalue weighted by atomic mass is 10.1. The summed E-state index contributed by atoms with van der Waals surface area (Å²) in [6.45, 7) is 0.786. The lowest BCUT2D eigenvalue weighted by Crippen LogP contribution is -2.40. The summed E-state index contributed by atoms with van der Waals surface area (Å²) in [6, 6.07) is -0.324. The first-order chi connectivity index (χ1) is 7.27. The predicted octanol–water partition coefficient (Wildman–Crippen LogP) is -0.214. The summed E-state index contributed by atoms with van der Waals surface area (Å²) in [5.41, 5.74) is 6.83. The fraction of sp³-hybridized carbons (Fsp3) is 0.556. The minimum Gasteiger partial charge on any atom is -0.385 e. The molecule has 0 radical (unpaired) electrons. The first-order valence-corrected chi connectivity index (χ1v) is 5.84. The van der Waals surface area contributed by atoms with Crippen molar-refractivity contribution < 1.29 is 5.11 Å². The molecule has 0 spiro atoms. The maximum atomic E-state index is 9.91. The number of nitrogens with zero attached hydrogens (tertiary/aromatic N) is 2. The molecule has 2 heterocycles. The first kappa shape index (κ1) is 10.7. The third-order valence-corrected chi connectivity index (χ3v) is 3.33. The normalized spacial score (nSPS) is 20.0. The van der Waals surface area contributed by atoms with Gasteiger partial charge in [0.1, 0.15) is 6.10 Å². The van der Waals surface area contributed by atoms with Crippen molar-refractivity contribution in [3.63, 3.8) is 0 Å². The molecule has 15 heavy (non-hydrogen) atoms. The van der Waals surface area contributed by atoms with E-state index >= 15 is 0 Å². The van der Waals surface area contributed by atoms with E-state index in [1.165, 1.54) is 0 Å². The first-order valence-electron chi connectivity index (χ1n) is 4.85. The lowest BCUT2D eigenvalue weighted by molar-refractivity contribution is 0.211. The average molecular weight is 226 g/mol. The van der Waals surface area contributed by atoms with E-state index in [9.17, 15) is 5.11 Å². The molecule has 0 amide bonds. The van der Waals surface area contributed by atoms with Crippen molar-refractivity contribution in [2.45, 2.75) is 18.6 Å². The second-order valence-corrected chi connectivity index (χ2v) is 4.57. The molecule has 5 nitrogen and oxygen atoms in total. The van der Waals surface area contributed by atoms with Gasteiger partial charge in [-0.05, 0) is 0 Å². The minimum absolute atomic E-state index is 0.324. The van der Waals surface area contributed by atoms with Crippen molar-refractivity contribution in [3.05, 3.63) is 18.2 Å². The standard InChI is InChI=1S/C9H14N4OS/c10-7(3-6-4-11-5-13-6)8(14)9-12-1-2-15-9/h4-5,7-8,14H,1-3,10H2,(H,11,13)/t7-,8?/m0/s1. The van der Waals surface area contributed by atoms with Gasteiger partial charge in [0.15, 0.2) is 0 Å². The zero-order chi connectivity index (χ0) is 10.7. The number of aliphatic imine (C=N–C) groups is 1. The number of nitrogens with one attached hydrogen (secondary N) is 1. The molecule has 0 fully saturated rings. The lowest BCUT2D eigenvalue weighted by Gasteiger charge is -2.17. The van der Waals surface area contributed by atoms with Crippen molar-refractivity contribution in [3.8, 4) is 0 Å². The van der Waals surface area contributed by atoms with Gasteiger partial charge in [-0.2, -0.15) is 0 Å². The van der Waals surface area contributed by atoms with Crippen LogP contribution in [0.3, 0.4) is 0 Å². The van der Waals surface area contributed by atoms with Crippen LogP contribution in [-0.2, 0) is 6.42 Å². The van der Waals surface area contributed by atoms with E-state index in [-0.39, 0.29) is 6.04 Å². The summed E-state index contributed by atoms with van der Waals surface area (Å²) in [5.74, 6) is 0.948. The highest BCUT2D eigenvalue weighted by molar-refractivity contribution is 8.14. The monoisotopic (exact) mass is 226 g/mol. The number of hydrogen-bond acceptors (Lipinski definition) is 5. The third-order valence-electron chi connectivity index (χ3n) is 2.28. The topological polar surface area (TPSA) is 87.3 Å². The Balaban J connectivity index is 1.92. The zero-order valence-electron chi connectivity index (χ0n) is 8.26. The quantitative estimate of drug-likeness (QED) is 0.662. The van der Waals surface area contributed by atoms with E-state index in [0.717, 1.165) is 23.0 Å². The van der Waals surface area contributed by atoms with Gasteiger partial charge in [0.25, 0.3) is 0 Å². The molecule has 1 aliphatic rings. The number of hydrogen-bond donors (Lipinski definition) is 3. The molecule has 1 aromatic heterocycles. The van der Waals surface area contributed by atoms with Crippen LogP contribution >= 0.6 is 11.8 Å². The number of thioether (sulfide) groups is 1. The molecule has 2 rings (SSSR count). The van der Waals surface area contributed by atoms with Gasteiger partial charge in [0.05, 0.1) is 11.4 Å². The highest BCUT2D eigenvalue weighted by atomic mass is 32.2. The van der Waals surface area contributed by atoms with Crippen molar-refractivity contribution in [1.82, 2.24) is 9.97 Å². The maximum Gasteiger partial charge on any atom is 0.117 e. The van der Waals surface area contributed by atoms with Crippen molar-refractivity contribution in [1.29, 1.82) is 0 Å². The van der Waals surface area contributed by atoms with Gasteiger partial charge in [0.2, 0.25) is 0 Å². The highest BCUT2D eigenvalue weighted by Crippen LogP contribution is 2.17. The van der Waals surface area contributed by atoms with E-state index in [1.54, 1.807) is 24.3 Å². The van der Waals surface area contributed by atoms with E-state index in [1.807, 2.05) is 0 Å². The zero-order valence-corrected chi connectivity index (χ0v) is 9.07. The number of rotatable bonds is 4. The molecule has 0 aromatic carbocycles. The minimum atomic E-state index is -0.652. The maximum absolute atomic E-state index is 9.91. The van der Waals surface area contributed by atoms with Gasteiger partial charge in [-0.15, -0.1) is 11.8 Å². The smallest absolute Gasteiger partial charge is 0.117 e. The number of H-pyrrole nitrogens is 1. The molecule has 0 saturated heterocycles. The molecule has 6 heteroatoms. The summed E-state index contributed by atoms with van der Waals surface area (Å²) < 4.78 is 0. The number of aliphatic hydroxyl groups is 1. The van der Waals surface area contributed by atoms with Gasteiger partial charge in [-0.25, -0.2) is 4.98 Å². The fourth-order valence-corrected chi connectivity index (χ4v) is 2.40. The van der Waals surface area contributed by atoms with E-state index < -0.39 is 6.10 Å². The summed E-state index contributed by atoms with van der Waals surface area (Å²) in [6.07, 6.45) is 3.26. The fourth-order valence-electron chi connectivity index (χ4n) is 1.48. The van der Waals surface area contributed by atoms with Crippen LogP contribution in [0.5, 0.6) is 0 Å². The van der Waals surface area contributed by atoms with Gasteiger partial charge < -0.3 is 15.8 Å². The van der Waals surface area contributed by atoms with E-state index in [0.29, 0.717) is 6.42 Å². The Kier molecular flexibility index (Phi) is 3.40. The van der Waals surface area contributed by atoms with Crippen molar-refractivity contribution in [2.75, 3.05) is 12.3 Å². The number of aromatic nitrogens is 2. The van der Waals surface area contributed by atoms with Crippen LogP contribution in [0, 0.1) is 0 Å². The van der Waals surface area contributed by atoms with Gasteiger partial charge >= 0.3 is 0 Å². The number of aliphatic hydroxyl groups excluding tert-OH is 1. The Labute approximate surface area is 92.2 Å². The van der Waals surface area contributed by atoms with Crippen LogP contribution < -0.4 is 5.73 Å². The Bertz CT molecular complexity index is 338. The van der Waals surface area contributed by atoms with Crippen LogP contribution in [0.2, 0.25) is 0 Å². The average Bonchev–Trinajstić information content (AvgIpc) is 2.88. The Morgan fingerprint density at radius 1 is 1.67 bits per heavy atom. The second kappa shape index (κ2) is 4.78. The van der Waals surface area contributed by atoms with Crippen LogP contribution in [0.15, 0.2) is 17.5 Å². The molecule has 0 saturated carbocycles. The van der Waals surface area contributed by atoms with Crippen LogP contribution in [0.4, 0.5) is 0 Å². The molecular formula is C9H14N4OS. The molecule has 1 aromatic rings. The molecule has 1 unspecified atom stereocenters. The van der Waals surface area contributed by atoms with Gasteiger partial charge in [0, 0.05) is 36.7 Å². The Hall–Kier alpha value is -0.850. The van der Waals surface area contributed by atoms with Gasteiger partial charge in [-0.3, -0.25) is 4.99 Å². The molecule has 4 N–H and O–H groups in total. The summed E-state index contributed by atoms with van der Waals surface area (Å²) in [7, 11) is 0. The predicted molar refractivity (Wildman–Crippen MR) is 61.0 cm³/mol. The van der Waals surface area contributed by atoms with Crippen LogP contribution in [-0.4, -0.2) is 44.6 Å². The molecule has 2 atom stereocenters. The van der Waals surface area contributed by atoms with Crippen LogP contribution in [0.1, 0.15) is 5.69 Å².